The van der Waals surface area contributed by atoms with E-state index >= 15 is 4.39 Å². The van der Waals surface area contributed by atoms with Gasteiger partial charge < -0.3 is 25.8 Å². The van der Waals surface area contributed by atoms with Gasteiger partial charge in [-0.1, -0.05) is 32.3 Å². The molecule has 11 nitrogen and oxygen atoms in total. The molecule has 0 radical (unpaired) electrons. The third-order valence-corrected chi connectivity index (χ3v) is 8.44. The van der Waals surface area contributed by atoms with E-state index in [1.807, 2.05) is 14.0 Å². The standard InChI is InChI=1S/C31H44FN7O4/c1-4-27(40)34-25(31(43)38-17-15-37(3)16-18-38)20-21-11-12-24(23(32)19-21)35-30(42)28(22-9-7-6-8-10-22)36-29(41)26-13-14-33-39(26)5-2/h11-14,19,22,25,28H,4-10,15-18,20H2,1-3H3,(H,34,40)(H,35,42)(H,36,41)/t25-,28+/m1/s1. The molecule has 43 heavy (non-hydrogen) atoms. The number of aryl methyl sites for hydroxylation is 1. The number of nitrogens with one attached hydrogen (secondary N) is 3. The van der Waals surface area contributed by atoms with Gasteiger partial charge in [-0.05, 0) is 56.5 Å². The monoisotopic (exact) mass is 597 g/mol. The smallest absolute Gasteiger partial charge is 0.270 e. The lowest BCUT2D eigenvalue weighted by atomic mass is 9.83. The first kappa shape index (κ1) is 32.1. The summed E-state index contributed by atoms with van der Waals surface area (Å²) in [6.07, 6.45) is 6.47. The van der Waals surface area contributed by atoms with E-state index in [-0.39, 0.29) is 36.3 Å². The number of piperazine rings is 1. The van der Waals surface area contributed by atoms with Gasteiger partial charge in [-0.3, -0.25) is 23.9 Å². The first-order valence-electron chi connectivity index (χ1n) is 15.4. The van der Waals surface area contributed by atoms with Gasteiger partial charge in [0.1, 0.15) is 23.6 Å². The van der Waals surface area contributed by atoms with Crippen molar-refractivity contribution in [3.05, 3.63) is 47.5 Å². The first-order chi connectivity index (χ1) is 20.7. The normalized spacial score (nSPS) is 17.6. The number of rotatable bonds is 11. The van der Waals surface area contributed by atoms with Crippen LogP contribution in [0.5, 0.6) is 0 Å². The van der Waals surface area contributed by atoms with Crippen molar-refractivity contribution in [1.29, 1.82) is 0 Å². The molecule has 2 fully saturated rings. The Labute approximate surface area is 252 Å². The molecule has 234 valence electrons. The number of nitrogens with zero attached hydrogens (tertiary/aromatic N) is 4. The molecule has 1 saturated heterocycles. The zero-order valence-corrected chi connectivity index (χ0v) is 25.4. The first-order valence-corrected chi connectivity index (χ1v) is 15.4. The molecular weight excluding hydrogens is 553 g/mol. The van der Waals surface area contributed by atoms with E-state index in [4.69, 9.17) is 0 Å². The van der Waals surface area contributed by atoms with Crippen LogP contribution in [0.1, 0.15) is 68.4 Å². The van der Waals surface area contributed by atoms with Crippen molar-refractivity contribution in [2.24, 2.45) is 5.92 Å². The molecule has 2 aliphatic rings. The van der Waals surface area contributed by atoms with E-state index in [0.717, 1.165) is 45.2 Å². The van der Waals surface area contributed by atoms with Gasteiger partial charge in [-0.2, -0.15) is 5.10 Å². The maximum atomic E-state index is 15.4. The summed E-state index contributed by atoms with van der Waals surface area (Å²) in [4.78, 5) is 56.0. The van der Waals surface area contributed by atoms with E-state index in [2.05, 4.69) is 25.9 Å². The van der Waals surface area contributed by atoms with Crippen molar-refractivity contribution < 1.29 is 23.6 Å². The van der Waals surface area contributed by atoms with Crippen molar-refractivity contribution >= 4 is 29.3 Å². The number of carbonyl (C=O) groups excluding carboxylic acids is 4. The predicted molar refractivity (Wildman–Crippen MR) is 161 cm³/mol. The van der Waals surface area contributed by atoms with E-state index in [0.29, 0.717) is 30.9 Å². The molecule has 12 heteroatoms. The average Bonchev–Trinajstić information content (AvgIpc) is 3.50. The summed E-state index contributed by atoms with van der Waals surface area (Å²) in [6, 6.07) is 4.35. The molecule has 1 aliphatic heterocycles. The highest BCUT2D eigenvalue weighted by atomic mass is 19.1. The lowest BCUT2D eigenvalue weighted by Gasteiger charge is -2.34. The van der Waals surface area contributed by atoms with Gasteiger partial charge >= 0.3 is 0 Å². The number of amides is 4. The van der Waals surface area contributed by atoms with E-state index in [1.54, 1.807) is 34.8 Å². The lowest BCUT2D eigenvalue weighted by Crippen LogP contribution is -2.54. The van der Waals surface area contributed by atoms with Gasteiger partial charge in [0.15, 0.2) is 0 Å². The van der Waals surface area contributed by atoms with Crippen LogP contribution in [0.15, 0.2) is 30.5 Å². The Kier molecular flexibility index (Phi) is 11.3. The summed E-state index contributed by atoms with van der Waals surface area (Å²) in [7, 11) is 1.99. The molecule has 4 amide bonds. The minimum atomic E-state index is -0.832. The van der Waals surface area contributed by atoms with Crippen LogP contribution in [-0.4, -0.2) is 88.5 Å². The Balaban J connectivity index is 1.47. The molecule has 3 N–H and O–H groups in total. The fourth-order valence-corrected chi connectivity index (χ4v) is 5.83. The summed E-state index contributed by atoms with van der Waals surface area (Å²) in [5, 5.41) is 12.5. The molecule has 1 aromatic heterocycles. The quantitative estimate of drug-likeness (QED) is 0.365. The minimum Gasteiger partial charge on any atom is -0.344 e. The number of anilines is 1. The van der Waals surface area contributed by atoms with Crippen molar-refractivity contribution in [3.8, 4) is 0 Å². The summed E-state index contributed by atoms with van der Waals surface area (Å²) in [6.45, 7) is 6.72. The summed E-state index contributed by atoms with van der Waals surface area (Å²) in [5.41, 5.74) is 0.869. The fraction of sp³-hybridized carbons (Fsp3) is 0.581. The number of carbonyl (C=O) groups is 4. The van der Waals surface area contributed by atoms with Crippen LogP contribution in [0.4, 0.5) is 10.1 Å². The molecule has 1 saturated carbocycles. The number of benzene rings is 1. The zero-order valence-electron chi connectivity index (χ0n) is 25.4. The fourth-order valence-electron chi connectivity index (χ4n) is 5.83. The molecule has 4 rings (SSSR count). The van der Waals surface area contributed by atoms with Crippen LogP contribution in [-0.2, 0) is 27.3 Å². The molecule has 2 heterocycles. The van der Waals surface area contributed by atoms with Crippen LogP contribution >= 0.6 is 0 Å². The van der Waals surface area contributed by atoms with Crippen molar-refractivity contribution in [2.45, 2.75) is 77.4 Å². The van der Waals surface area contributed by atoms with E-state index in [9.17, 15) is 19.2 Å². The van der Waals surface area contributed by atoms with Crippen LogP contribution in [0.25, 0.3) is 0 Å². The number of likely N-dealkylation sites (N-methyl/N-ethyl adjacent to an activating group) is 1. The van der Waals surface area contributed by atoms with Crippen LogP contribution < -0.4 is 16.0 Å². The molecule has 0 unspecified atom stereocenters. The molecule has 0 bridgehead atoms. The van der Waals surface area contributed by atoms with Crippen LogP contribution in [0.3, 0.4) is 0 Å². The molecular formula is C31H44FN7O4. The molecule has 0 spiro atoms. The molecule has 1 aliphatic carbocycles. The molecule has 1 aromatic carbocycles. The van der Waals surface area contributed by atoms with Gasteiger partial charge in [0.2, 0.25) is 17.7 Å². The topological polar surface area (TPSA) is 129 Å². The van der Waals surface area contributed by atoms with Crippen molar-refractivity contribution in [3.63, 3.8) is 0 Å². The summed E-state index contributed by atoms with van der Waals surface area (Å²) in [5.74, 6) is -2.05. The largest absolute Gasteiger partial charge is 0.344 e. The second-order valence-corrected chi connectivity index (χ2v) is 11.5. The lowest BCUT2D eigenvalue weighted by molar-refractivity contribution is -0.137. The van der Waals surface area contributed by atoms with E-state index < -0.39 is 29.7 Å². The maximum Gasteiger partial charge on any atom is 0.270 e. The summed E-state index contributed by atoms with van der Waals surface area (Å²) >= 11 is 0. The van der Waals surface area contributed by atoms with Gasteiger partial charge in [-0.15, -0.1) is 0 Å². The Morgan fingerprint density at radius 1 is 1.00 bits per heavy atom. The zero-order chi connectivity index (χ0) is 30.9. The van der Waals surface area contributed by atoms with Gasteiger partial charge in [-0.25, -0.2) is 4.39 Å². The number of aromatic nitrogens is 2. The second-order valence-electron chi connectivity index (χ2n) is 11.5. The number of hydrogen-bond donors (Lipinski definition) is 3. The highest BCUT2D eigenvalue weighted by Gasteiger charge is 2.33. The number of hydrogen-bond acceptors (Lipinski definition) is 6. The molecule has 2 aromatic rings. The third kappa shape index (κ3) is 8.40. The number of halogens is 1. The average molecular weight is 598 g/mol. The molecule has 2 atom stereocenters. The Morgan fingerprint density at radius 3 is 2.37 bits per heavy atom. The van der Waals surface area contributed by atoms with Gasteiger partial charge in [0.05, 0.1) is 5.69 Å². The van der Waals surface area contributed by atoms with E-state index in [1.165, 1.54) is 12.1 Å². The van der Waals surface area contributed by atoms with Crippen molar-refractivity contribution in [1.82, 2.24) is 30.2 Å². The van der Waals surface area contributed by atoms with Gasteiger partial charge in [0.25, 0.3) is 5.91 Å². The van der Waals surface area contributed by atoms with Crippen LogP contribution in [0, 0.1) is 11.7 Å². The maximum absolute atomic E-state index is 15.4. The van der Waals surface area contributed by atoms with Gasteiger partial charge in [0, 0.05) is 51.8 Å². The Bertz CT molecular complexity index is 1280. The minimum absolute atomic E-state index is 0.0121. The van der Waals surface area contributed by atoms with Crippen LogP contribution in [0.2, 0.25) is 0 Å². The van der Waals surface area contributed by atoms with Crippen molar-refractivity contribution in [2.75, 3.05) is 38.5 Å². The highest BCUT2D eigenvalue weighted by Crippen LogP contribution is 2.28. The summed E-state index contributed by atoms with van der Waals surface area (Å²) < 4.78 is 16.9. The Hall–Kier alpha value is -3.80. The third-order valence-electron chi connectivity index (χ3n) is 8.44. The predicted octanol–water partition coefficient (Wildman–Crippen LogP) is 2.57. The highest BCUT2D eigenvalue weighted by molar-refractivity contribution is 6.00. The second kappa shape index (κ2) is 15.1. The Morgan fingerprint density at radius 2 is 1.72 bits per heavy atom. The SMILES string of the molecule is CCC(=O)N[C@H](Cc1ccc(NC(=O)[C@@H](NC(=O)c2ccnn2CC)C2CCCCC2)c(F)c1)C(=O)N1CCN(C)CC1.